The molecular formula is C16H14ClF2NO2S. The van der Waals surface area contributed by atoms with Crippen LogP contribution in [-0.2, 0) is 11.3 Å². The molecule has 0 aromatic heterocycles. The molecule has 0 aliphatic heterocycles. The summed E-state index contributed by atoms with van der Waals surface area (Å²) in [4.78, 5) is 12.7. The molecule has 1 N–H and O–H groups in total. The van der Waals surface area contributed by atoms with Gasteiger partial charge in [0.15, 0.2) is 0 Å². The van der Waals surface area contributed by atoms with Crippen LogP contribution >= 0.6 is 23.4 Å². The number of amides is 1. The van der Waals surface area contributed by atoms with Crippen LogP contribution < -0.4 is 10.1 Å². The molecule has 0 spiro atoms. The minimum absolute atomic E-state index is 0.0874. The lowest BCUT2D eigenvalue weighted by Crippen LogP contribution is -2.24. The summed E-state index contributed by atoms with van der Waals surface area (Å²) in [6.45, 7) is -2.53. The maximum absolute atomic E-state index is 12.0. The quantitative estimate of drug-likeness (QED) is 0.749. The fourth-order valence-electron chi connectivity index (χ4n) is 1.75. The Bertz CT molecular complexity index is 653. The Balaban J connectivity index is 1.77. The van der Waals surface area contributed by atoms with Crippen molar-refractivity contribution in [2.75, 3.05) is 5.75 Å². The van der Waals surface area contributed by atoms with Gasteiger partial charge in [0.2, 0.25) is 5.91 Å². The summed E-state index contributed by atoms with van der Waals surface area (Å²) >= 11 is 7.37. The van der Waals surface area contributed by atoms with Gasteiger partial charge in [0, 0.05) is 11.4 Å². The van der Waals surface area contributed by atoms with Crippen LogP contribution in [0.25, 0.3) is 0 Å². The van der Waals surface area contributed by atoms with E-state index in [1.165, 1.54) is 23.9 Å². The average Bonchev–Trinajstić information content (AvgIpc) is 2.53. The SMILES string of the molecule is O=C(CSc1ccccc1Cl)NCc1ccc(OC(F)F)cc1. The van der Waals surface area contributed by atoms with Crippen molar-refractivity contribution in [3.63, 3.8) is 0 Å². The van der Waals surface area contributed by atoms with Crippen LogP contribution in [0.5, 0.6) is 5.75 Å². The van der Waals surface area contributed by atoms with Crippen LogP contribution in [0.2, 0.25) is 5.02 Å². The molecule has 0 saturated carbocycles. The molecule has 0 heterocycles. The Morgan fingerprint density at radius 3 is 2.52 bits per heavy atom. The van der Waals surface area contributed by atoms with E-state index >= 15 is 0 Å². The second-order valence-corrected chi connectivity index (χ2v) is 5.94. The van der Waals surface area contributed by atoms with Crippen LogP contribution in [0.3, 0.4) is 0 Å². The highest BCUT2D eigenvalue weighted by molar-refractivity contribution is 8.00. The lowest BCUT2D eigenvalue weighted by molar-refractivity contribution is -0.118. The first-order valence-electron chi connectivity index (χ1n) is 6.72. The van der Waals surface area contributed by atoms with Crippen LogP contribution in [0, 0.1) is 0 Å². The summed E-state index contributed by atoms with van der Waals surface area (Å²) in [5.74, 6) is 0.197. The molecule has 0 atom stereocenters. The molecular weight excluding hydrogens is 344 g/mol. The molecule has 0 aliphatic carbocycles. The van der Waals surface area contributed by atoms with Gasteiger partial charge in [0.25, 0.3) is 0 Å². The number of ether oxygens (including phenoxy) is 1. The molecule has 122 valence electrons. The predicted molar refractivity (Wildman–Crippen MR) is 87.1 cm³/mol. The molecule has 23 heavy (non-hydrogen) atoms. The van der Waals surface area contributed by atoms with Gasteiger partial charge >= 0.3 is 6.61 Å². The molecule has 0 radical (unpaired) electrons. The Morgan fingerprint density at radius 1 is 1.17 bits per heavy atom. The molecule has 0 fully saturated rings. The van der Waals surface area contributed by atoms with Gasteiger partial charge in [-0.2, -0.15) is 8.78 Å². The highest BCUT2D eigenvalue weighted by atomic mass is 35.5. The van der Waals surface area contributed by atoms with Crippen molar-refractivity contribution in [3.8, 4) is 5.75 Å². The highest BCUT2D eigenvalue weighted by Gasteiger charge is 2.06. The van der Waals surface area contributed by atoms with Gasteiger partial charge < -0.3 is 10.1 Å². The Hall–Kier alpha value is -1.79. The molecule has 0 bridgehead atoms. The standard InChI is InChI=1S/C16H14ClF2NO2S/c17-13-3-1-2-4-14(13)23-10-15(21)20-9-11-5-7-12(8-6-11)22-16(18)19/h1-8,16H,9-10H2,(H,20,21). The molecule has 2 aromatic carbocycles. The number of rotatable bonds is 7. The van der Waals surface area contributed by atoms with Gasteiger partial charge in [0.05, 0.1) is 10.8 Å². The zero-order valence-electron chi connectivity index (χ0n) is 12.0. The Labute approximate surface area is 142 Å². The number of hydrogen-bond donors (Lipinski definition) is 1. The Kier molecular flexibility index (Phi) is 6.67. The zero-order valence-corrected chi connectivity index (χ0v) is 13.5. The number of hydrogen-bond acceptors (Lipinski definition) is 3. The minimum Gasteiger partial charge on any atom is -0.435 e. The average molecular weight is 358 g/mol. The summed E-state index contributed by atoms with van der Waals surface area (Å²) in [6.07, 6.45) is 0. The van der Waals surface area contributed by atoms with Gasteiger partial charge in [-0.25, -0.2) is 0 Å². The first-order valence-corrected chi connectivity index (χ1v) is 8.09. The van der Waals surface area contributed by atoms with Gasteiger partial charge in [-0.1, -0.05) is 35.9 Å². The van der Waals surface area contributed by atoms with E-state index < -0.39 is 6.61 Å². The number of nitrogens with one attached hydrogen (secondary N) is 1. The van der Waals surface area contributed by atoms with Crippen LogP contribution in [0.1, 0.15) is 5.56 Å². The summed E-state index contributed by atoms with van der Waals surface area (Å²) in [5.41, 5.74) is 0.794. The van der Waals surface area contributed by atoms with Crippen LogP contribution in [0.15, 0.2) is 53.4 Å². The first kappa shape index (κ1) is 17.6. The fourth-order valence-corrected chi connectivity index (χ4v) is 2.81. The molecule has 7 heteroatoms. The molecule has 2 rings (SSSR count). The zero-order chi connectivity index (χ0) is 16.7. The smallest absolute Gasteiger partial charge is 0.387 e. The second-order valence-electron chi connectivity index (χ2n) is 4.52. The van der Waals surface area contributed by atoms with Crippen molar-refractivity contribution in [2.45, 2.75) is 18.1 Å². The lowest BCUT2D eigenvalue weighted by atomic mass is 10.2. The normalized spacial score (nSPS) is 10.6. The van der Waals surface area contributed by atoms with E-state index in [2.05, 4.69) is 10.1 Å². The van der Waals surface area contributed by atoms with Crippen molar-refractivity contribution < 1.29 is 18.3 Å². The summed E-state index contributed by atoms with van der Waals surface area (Å²) < 4.78 is 28.3. The maximum atomic E-state index is 12.0. The number of thioether (sulfide) groups is 1. The van der Waals surface area contributed by atoms with Crippen LogP contribution in [-0.4, -0.2) is 18.3 Å². The molecule has 2 aromatic rings. The number of carbonyl (C=O) groups excluding carboxylic acids is 1. The van der Waals surface area contributed by atoms with Crippen molar-refractivity contribution >= 4 is 29.3 Å². The molecule has 1 amide bonds. The molecule has 0 aliphatic rings. The Morgan fingerprint density at radius 2 is 1.87 bits per heavy atom. The highest BCUT2D eigenvalue weighted by Crippen LogP contribution is 2.26. The lowest BCUT2D eigenvalue weighted by Gasteiger charge is -2.08. The first-order chi connectivity index (χ1) is 11.0. The minimum atomic E-state index is -2.85. The van der Waals surface area contributed by atoms with E-state index in [4.69, 9.17) is 11.6 Å². The fraction of sp³-hybridized carbons (Fsp3) is 0.188. The van der Waals surface area contributed by atoms with Crippen molar-refractivity contribution in [3.05, 3.63) is 59.1 Å². The number of carbonyl (C=O) groups is 1. The maximum Gasteiger partial charge on any atom is 0.387 e. The predicted octanol–water partition coefficient (Wildman–Crippen LogP) is 4.35. The van der Waals surface area contributed by atoms with Gasteiger partial charge in [-0.3, -0.25) is 4.79 Å². The second kappa shape index (κ2) is 8.74. The van der Waals surface area contributed by atoms with Crippen molar-refractivity contribution in [1.29, 1.82) is 0 Å². The summed E-state index contributed by atoms with van der Waals surface area (Å²) in [5, 5.41) is 3.37. The monoisotopic (exact) mass is 357 g/mol. The van der Waals surface area contributed by atoms with E-state index in [0.717, 1.165) is 10.5 Å². The van der Waals surface area contributed by atoms with Crippen LogP contribution in [0.4, 0.5) is 8.78 Å². The third-order valence-electron chi connectivity index (χ3n) is 2.83. The van der Waals surface area contributed by atoms with E-state index in [0.29, 0.717) is 11.6 Å². The topological polar surface area (TPSA) is 38.3 Å². The van der Waals surface area contributed by atoms with E-state index in [9.17, 15) is 13.6 Å². The molecule has 3 nitrogen and oxygen atoms in total. The van der Waals surface area contributed by atoms with Gasteiger partial charge in [-0.15, -0.1) is 11.8 Å². The third-order valence-corrected chi connectivity index (χ3v) is 4.35. The largest absolute Gasteiger partial charge is 0.435 e. The van der Waals surface area contributed by atoms with Gasteiger partial charge in [0.1, 0.15) is 5.75 Å². The number of benzene rings is 2. The number of halogens is 3. The molecule has 0 saturated heterocycles. The van der Waals surface area contributed by atoms with Gasteiger partial charge in [-0.05, 0) is 29.8 Å². The van der Waals surface area contributed by atoms with E-state index in [1.54, 1.807) is 18.2 Å². The van der Waals surface area contributed by atoms with E-state index in [1.807, 2.05) is 18.2 Å². The summed E-state index contributed by atoms with van der Waals surface area (Å²) in [7, 11) is 0. The number of alkyl halides is 2. The third kappa shape index (κ3) is 6.08. The van der Waals surface area contributed by atoms with Crippen molar-refractivity contribution in [2.24, 2.45) is 0 Å². The van der Waals surface area contributed by atoms with Crippen molar-refractivity contribution in [1.82, 2.24) is 5.32 Å². The summed E-state index contributed by atoms with van der Waals surface area (Å²) in [6, 6.07) is 13.4. The van der Waals surface area contributed by atoms with E-state index in [-0.39, 0.29) is 17.4 Å². The molecule has 0 unspecified atom stereocenters.